The zero-order chi connectivity index (χ0) is 13.0. The molecule has 0 atom stereocenters. The molecule has 18 heavy (non-hydrogen) atoms. The molecule has 0 heterocycles. The number of ether oxygens (including phenoxy) is 1. The van der Waals surface area contributed by atoms with Crippen molar-refractivity contribution in [1.82, 2.24) is 4.90 Å². The van der Waals surface area contributed by atoms with E-state index < -0.39 is 0 Å². The number of benzene rings is 1. The first-order chi connectivity index (χ1) is 8.69. The highest BCUT2D eigenvalue weighted by Crippen LogP contribution is 2.28. The van der Waals surface area contributed by atoms with Crippen molar-refractivity contribution in [2.75, 3.05) is 13.7 Å². The van der Waals surface area contributed by atoms with Crippen LogP contribution in [-0.2, 0) is 6.54 Å². The van der Waals surface area contributed by atoms with Crippen LogP contribution in [0.15, 0.2) is 24.3 Å². The third kappa shape index (κ3) is 3.96. The van der Waals surface area contributed by atoms with Crippen LogP contribution >= 0.6 is 12.2 Å². The monoisotopic (exact) mass is 264 g/mol. The number of hydrogen-bond donors (Lipinski definition) is 1. The number of nitrogens with zero attached hydrogens (tertiary/aromatic N) is 1. The third-order valence-corrected chi connectivity index (χ3v) is 3.46. The van der Waals surface area contributed by atoms with Gasteiger partial charge in [0.2, 0.25) is 0 Å². The summed E-state index contributed by atoms with van der Waals surface area (Å²) in [6.45, 7) is 1.93. The molecule has 2 N–H and O–H groups in total. The Hall–Kier alpha value is -1.13. The van der Waals surface area contributed by atoms with Crippen LogP contribution in [0.25, 0.3) is 0 Å². The Morgan fingerprint density at radius 1 is 1.39 bits per heavy atom. The van der Waals surface area contributed by atoms with E-state index in [1.165, 1.54) is 18.4 Å². The summed E-state index contributed by atoms with van der Waals surface area (Å²) in [6.07, 6.45) is 3.41. The van der Waals surface area contributed by atoms with Crippen LogP contribution < -0.4 is 10.5 Å². The fraction of sp³-hybridized carbons (Fsp3) is 0.500. The predicted molar refractivity (Wildman–Crippen MR) is 77.8 cm³/mol. The molecule has 0 aromatic heterocycles. The molecule has 0 unspecified atom stereocenters. The van der Waals surface area contributed by atoms with Gasteiger partial charge in [0, 0.05) is 25.6 Å². The summed E-state index contributed by atoms with van der Waals surface area (Å²) in [6, 6.07) is 8.98. The Balaban J connectivity index is 1.92. The van der Waals surface area contributed by atoms with Gasteiger partial charge in [-0.05, 0) is 30.5 Å². The van der Waals surface area contributed by atoms with E-state index in [4.69, 9.17) is 22.7 Å². The lowest BCUT2D eigenvalue weighted by atomic mass is 10.2. The van der Waals surface area contributed by atoms with Gasteiger partial charge in [-0.3, -0.25) is 4.90 Å². The summed E-state index contributed by atoms with van der Waals surface area (Å²) < 4.78 is 5.17. The first-order valence-electron chi connectivity index (χ1n) is 6.34. The minimum absolute atomic E-state index is 0.607. The smallest absolute Gasteiger partial charge is 0.118 e. The zero-order valence-electron chi connectivity index (χ0n) is 10.8. The van der Waals surface area contributed by atoms with E-state index in [-0.39, 0.29) is 0 Å². The molecule has 0 aliphatic heterocycles. The van der Waals surface area contributed by atoms with Gasteiger partial charge in [-0.15, -0.1) is 0 Å². The number of methoxy groups -OCH3 is 1. The van der Waals surface area contributed by atoms with Crippen molar-refractivity contribution in [2.45, 2.75) is 31.8 Å². The quantitative estimate of drug-likeness (QED) is 0.767. The highest BCUT2D eigenvalue weighted by molar-refractivity contribution is 7.80. The van der Waals surface area contributed by atoms with Gasteiger partial charge in [0.25, 0.3) is 0 Å². The van der Waals surface area contributed by atoms with Crippen molar-refractivity contribution in [3.8, 4) is 5.75 Å². The molecule has 3 nitrogen and oxygen atoms in total. The van der Waals surface area contributed by atoms with Gasteiger partial charge in [-0.1, -0.05) is 24.4 Å². The lowest BCUT2D eigenvalue weighted by Gasteiger charge is -2.21. The summed E-state index contributed by atoms with van der Waals surface area (Å²) in [4.78, 5) is 3.08. The van der Waals surface area contributed by atoms with Gasteiger partial charge >= 0.3 is 0 Å². The van der Waals surface area contributed by atoms with Crippen LogP contribution in [0.1, 0.15) is 24.8 Å². The van der Waals surface area contributed by atoms with Crippen LogP contribution in [0, 0.1) is 0 Å². The van der Waals surface area contributed by atoms with E-state index in [2.05, 4.69) is 17.0 Å². The molecule has 1 saturated carbocycles. The Bertz CT molecular complexity index is 401. The summed E-state index contributed by atoms with van der Waals surface area (Å²) in [7, 11) is 1.69. The number of thiocarbonyl (C=S) groups is 1. The molecule has 1 aliphatic rings. The molecule has 1 aromatic rings. The SMILES string of the molecule is COc1ccc(CN(CCC(N)=S)C2CC2)cc1. The molecule has 1 fully saturated rings. The standard InChI is InChI=1S/C14H20N2OS/c1-17-13-6-2-11(3-7-13)10-16(12-4-5-12)9-8-14(15)18/h2-3,6-7,12H,4-5,8-10H2,1H3,(H2,15,18). The minimum Gasteiger partial charge on any atom is -0.497 e. The molecule has 98 valence electrons. The van der Waals surface area contributed by atoms with Crippen molar-refractivity contribution in [3.63, 3.8) is 0 Å². The lowest BCUT2D eigenvalue weighted by Crippen LogP contribution is -2.29. The third-order valence-electron chi connectivity index (χ3n) is 3.25. The Kier molecular flexibility index (Phi) is 4.55. The molecule has 0 saturated heterocycles. The van der Waals surface area contributed by atoms with Crippen molar-refractivity contribution in [2.24, 2.45) is 5.73 Å². The van der Waals surface area contributed by atoms with Crippen LogP contribution in [0.4, 0.5) is 0 Å². The highest BCUT2D eigenvalue weighted by Gasteiger charge is 2.28. The van der Waals surface area contributed by atoms with Gasteiger partial charge in [-0.25, -0.2) is 0 Å². The number of nitrogens with two attached hydrogens (primary N) is 1. The first kappa shape index (κ1) is 13.3. The summed E-state index contributed by atoms with van der Waals surface area (Å²) in [5, 5.41) is 0. The molecule has 0 amide bonds. The maximum atomic E-state index is 5.58. The molecule has 0 bridgehead atoms. The molecule has 2 rings (SSSR count). The van der Waals surface area contributed by atoms with Crippen molar-refractivity contribution >= 4 is 17.2 Å². The largest absolute Gasteiger partial charge is 0.497 e. The van der Waals surface area contributed by atoms with Crippen LogP contribution in [0.3, 0.4) is 0 Å². The lowest BCUT2D eigenvalue weighted by molar-refractivity contribution is 0.262. The Morgan fingerprint density at radius 3 is 2.56 bits per heavy atom. The predicted octanol–water partition coefficient (Wildman–Crippen LogP) is 2.34. The molecular weight excluding hydrogens is 244 g/mol. The molecule has 0 radical (unpaired) electrons. The number of rotatable bonds is 7. The van der Waals surface area contributed by atoms with Crippen molar-refractivity contribution < 1.29 is 4.74 Å². The van der Waals surface area contributed by atoms with Crippen LogP contribution in [-0.4, -0.2) is 29.6 Å². The maximum Gasteiger partial charge on any atom is 0.118 e. The molecule has 0 spiro atoms. The van der Waals surface area contributed by atoms with E-state index in [0.29, 0.717) is 4.99 Å². The fourth-order valence-corrected chi connectivity index (χ4v) is 2.14. The second kappa shape index (κ2) is 6.16. The van der Waals surface area contributed by atoms with Gasteiger partial charge in [0.05, 0.1) is 12.1 Å². The normalized spacial score (nSPS) is 14.8. The van der Waals surface area contributed by atoms with Crippen LogP contribution in [0.5, 0.6) is 5.75 Å². The molecule has 1 aliphatic carbocycles. The van der Waals surface area contributed by atoms with E-state index in [0.717, 1.165) is 31.3 Å². The second-order valence-electron chi connectivity index (χ2n) is 4.77. The van der Waals surface area contributed by atoms with Gasteiger partial charge in [0.15, 0.2) is 0 Å². The average Bonchev–Trinajstić information content (AvgIpc) is 3.19. The van der Waals surface area contributed by atoms with Crippen LogP contribution in [0.2, 0.25) is 0 Å². The first-order valence-corrected chi connectivity index (χ1v) is 6.75. The second-order valence-corrected chi connectivity index (χ2v) is 5.29. The van der Waals surface area contributed by atoms with Gasteiger partial charge in [0.1, 0.15) is 5.75 Å². The van der Waals surface area contributed by atoms with E-state index >= 15 is 0 Å². The van der Waals surface area contributed by atoms with Gasteiger partial charge < -0.3 is 10.5 Å². The van der Waals surface area contributed by atoms with Crippen molar-refractivity contribution in [1.29, 1.82) is 0 Å². The Labute approximate surface area is 114 Å². The van der Waals surface area contributed by atoms with Gasteiger partial charge in [-0.2, -0.15) is 0 Å². The summed E-state index contributed by atoms with van der Waals surface area (Å²) in [5.74, 6) is 0.903. The summed E-state index contributed by atoms with van der Waals surface area (Å²) >= 11 is 4.95. The van der Waals surface area contributed by atoms with Crippen molar-refractivity contribution in [3.05, 3.63) is 29.8 Å². The topological polar surface area (TPSA) is 38.5 Å². The zero-order valence-corrected chi connectivity index (χ0v) is 11.6. The molecular formula is C14H20N2OS. The van der Waals surface area contributed by atoms with E-state index in [1.807, 2.05) is 12.1 Å². The fourth-order valence-electron chi connectivity index (χ4n) is 2.05. The molecule has 1 aromatic carbocycles. The number of hydrogen-bond acceptors (Lipinski definition) is 3. The summed E-state index contributed by atoms with van der Waals surface area (Å²) in [5.41, 5.74) is 6.89. The Morgan fingerprint density at radius 2 is 2.06 bits per heavy atom. The molecule has 4 heteroatoms. The minimum atomic E-state index is 0.607. The average molecular weight is 264 g/mol. The van der Waals surface area contributed by atoms with E-state index in [1.54, 1.807) is 7.11 Å². The maximum absolute atomic E-state index is 5.58. The highest BCUT2D eigenvalue weighted by atomic mass is 32.1. The van der Waals surface area contributed by atoms with E-state index in [9.17, 15) is 0 Å².